The summed E-state index contributed by atoms with van der Waals surface area (Å²) < 4.78 is 26.5. The minimum absolute atomic E-state index is 0.0806. The fourth-order valence-electron chi connectivity index (χ4n) is 3.72. The van der Waals surface area contributed by atoms with Gasteiger partial charge in [-0.05, 0) is 38.0 Å². The normalized spacial score (nSPS) is 23.8. The largest absolute Gasteiger partial charge is 0.353 e. The van der Waals surface area contributed by atoms with Crippen LogP contribution < -0.4 is 21.3 Å². The number of benzene rings is 1. The first kappa shape index (κ1) is 24.6. The van der Waals surface area contributed by atoms with E-state index in [2.05, 4.69) is 21.3 Å². The molecule has 0 radical (unpaired) electrons. The Morgan fingerprint density at radius 1 is 1.27 bits per heavy atom. The number of anilines is 1. The molecule has 178 valence electrons. The van der Waals surface area contributed by atoms with Gasteiger partial charge in [0.1, 0.15) is 5.92 Å². The van der Waals surface area contributed by atoms with Gasteiger partial charge in [0.2, 0.25) is 17.6 Å². The molecule has 3 rings (SSSR count). The third-order valence-electron chi connectivity index (χ3n) is 5.62. The van der Waals surface area contributed by atoms with Gasteiger partial charge in [0.05, 0.1) is 17.3 Å². The van der Waals surface area contributed by atoms with E-state index in [9.17, 15) is 32.8 Å². The number of nitrogens with one attached hydrogen (secondary N) is 4. The number of carbonyl (C=O) groups is 5. The van der Waals surface area contributed by atoms with Gasteiger partial charge in [-0.3, -0.25) is 24.0 Å². The minimum Gasteiger partial charge on any atom is -0.353 e. The summed E-state index contributed by atoms with van der Waals surface area (Å²) in [5, 5.41) is 9.73. The second-order valence-electron chi connectivity index (χ2n) is 8.24. The summed E-state index contributed by atoms with van der Waals surface area (Å²) in [5.41, 5.74) is -0.262. The summed E-state index contributed by atoms with van der Waals surface area (Å²) in [6.45, 7) is 1.79. The second kappa shape index (κ2) is 9.42. The van der Waals surface area contributed by atoms with E-state index in [0.29, 0.717) is 6.42 Å². The Morgan fingerprint density at radius 2 is 1.94 bits per heavy atom. The van der Waals surface area contributed by atoms with Crippen LogP contribution in [0.2, 0.25) is 5.02 Å². The Hall–Kier alpha value is -3.08. The van der Waals surface area contributed by atoms with Crippen LogP contribution in [0, 0.1) is 11.8 Å². The van der Waals surface area contributed by atoms with Crippen molar-refractivity contribution < 1.29 is 32.8 Å². The van der Waals surface area contributed by atoms with E-state index in [-0.39, 0.29) is 34.6 Å². The van der Waals surface area contributed by atoms with E-state index < -0.39 is 53.7 Å². The molecule has 33 heavy (non-hydrogen) atoms. The lowest BCUT2D eigenvalue weighted by Crippen LogP contribution is -2.48. The first-order valence-corrected chi connectivity index (χ1v) is 10.7. The number of Topliss-reactive ketones (excluding diaryl/α,β-unsaturated/α-hetero) is 1. The Kier molecular flexibility index (Phi) is 7.01. The lowest BCUT2D eigenvalue weighted by atomic mass is 9.93. The van der Waals surface area contributed by atoms with Gasteiger partial charge >= 0.3 is 0 Å². The number of hydrogen-bond acceptors (Lipinski definition) is 5. The second-order valence-corrected chi connectivity index (χ2v) is 8.68. The van der Waals surface area contributed by atoms with Gasteiger partial charge in [-0.25, -0.2) is 8.78 Å². The highest BCUT2D eigenvalue weighted by molar-refractivity contribution is 6.38. The van der Waals surface area contributed by atoms with Gasteiger partial charge in [0.15, 0.2) is 0 Å². The smallest absolute Gasteiger partial charge is 0.289 e. The average molecular weight is 485 g/mol. The van der Waals surface area contributed by atoms with Crippen molar-refractivity contribution in [3.05, 3.63) is 28.8 Å². The highest BCUT2D eigenvalue weighted by Gasteiger charge is 2.61. The molecule has 1 saturated heterocycles. The molecule has 0 aromatic heterocycles. The predicted octanol–water partition coefficient (Wildman–Crippen LogP) is 1.26. The van der Waals surface area contributed by atoms with E-state index in [1.54, 1.807) is 6.92 Å². The van der Waals surface area contributed by atoms with Crippen LogP contribution in [0.25, 0.3) is 0 Å². The molecule has 4 amide bonds. The van der Waals surface area contributed by atoms with Crippen LogP contribution >= 0.6 is 11.6 Å². The zero-order valence-electron chi connectivity index (χ0n) is 17.8. The van der Waals surface area contributed by atoms with Crippen LogP contribution in [0.5, 0.6) is 0 Å². The lowest BCUT2D eigenvalue weighted by Gasteiger charge is -2.20. The molecule has 2 aliphatic rings. The van der Waals surface area contributed by atoms with E-state index in [4.69, 9.17) is 11.6 Å². The number of alkyl halides is 2. The van der Waals surface area contributed by atoms with Crippen molar-refractivity contribution in [1.29, 1.82) is 0 Å². The number of rotatable bonds is 8. The molecule has 1 unspecified atom stereocenters. The molecule has 1 aromatic rings. The fourth-order valence-corrected chi connectivity index (χ4v) is 3.89. The average Bonchev–Trinajstić information content (AvgIpc) is 3.28. The summed E-state index contributed by atoms with van der Waals surface area (Å²) in [5.74, 6) is -9.22. The number of amides is 4. The monoisotopic (exact) mass is 484 g/mol. The van der Waals surface area contributed by atoms with E-state index >= 15 is 0 Å². The van der Waals surface area contributed by atoms with Crippen molar-refractivity contribution >= 4 is 46.7 Å². The number of carbonyl (C=O) groups excluding carboxylic acids is 5. The molecular weight excluding hydrogens is 462 g/mol. The molecule has 9 nitrogen and oxygen atoms in total. The van der Waals surface area contributed by atoms with Crippen LogP contribution in [0.4, 0.5) is 14.5 Å². The summed E-state index contributed by atoms with van der Waals surface area (Å²) in [7, 11) is 1.25. The third-order valence-corrected chi connectivity index (χ3v) is 5.85. The van der Waals surface area contributed by atoms with Crippen molar-refractivity contribution in [3.8, 4) is 0 Å². The highest BCUT2D eigenvalue weighted by atomic mass is 35.5. The van der Waals surface area contributed by atoms with Crippen molar-refractivity contribution in [2.24, 2.45) is 11.8 Å². The first-order chi connectivity index (χ1) is 15.4. The predicted molar refractivity (Wildman–Crippen MR) is 114 cm³/mol. The maximum atomic E-state index is 13.2. The van der Waals surface area contributed by atoms with E-state index in [1.165, 1.54) is 25.2 Å². The molecule has 1 heterocycles. The number of halogens is 3. The SMILES string of the molecule is CNC(=O)C(=O)[C@H](C[C@@H]1C[C@@H](C)NC1=O)NC(=O)c1cc(Cl)ccc1NC(=O)C1CC1(F)F. The van der Waals surface area contributed by atoms with Gasteiger partial charge in [0, 0.05) is 30.5 Å². The zero-order chi connectivity index (χ0) is 24.5. The van der Waals surface area contributed by atoms with Gasteiger partial charge in [0.25, 0.3) is 17.7 Å². The van der Waals surface area contributed by atoms with Crippen molar-refractivity contribution in [1.82, 2.24) is 16.0 Å². The molecule has 4 atom stereocenters. The Morgan fingerprint density at radius 3 is 2.48 bits per heavy atom. The minimum atomic E-state index is -3.09. The zero-order valence-corrected chi connectivity index (χ0v) is 18.6. The van der Waals surface area contributed by atoms with E-state index in [1.807, 2.05) is 0 Å². The summed E-state index contributed by atoms with van der Waals surface area (Å²) in [4.78, 5) is 61.7. The molecule has 1 saturated carbocycles. The molecule has 1 aliphatic carbocycles. The van der Waals surface area contributed by atoms with Crippen molar-refractivity contribution in [2.45, 2.75) is 44.2 Å². The quantitative estimate of drug-likeness (QED) is 0.412. The fraction of sp³-hybridized carbons (Fsp3) is 0.476. The number of ketones is 1. The topological polar surface area (TPSA) is 133 Å². The molecular formula is C21H23ClF2N4O5. The summed E-state index contributed by atoms with van der Waals surface area (Å²) >= 11 is 5.97. The van der Waals surface area contributed by atoms with Crippen molar-refractivity contribution in [3.63, 3.8) is 0 Å². The van der Waals surface area contributed by atoms with Gasteiger partial charge in [-0.2, -0.15) is 0 Å². The summed E-state index contributed by atoms with van der Waals surface area (Å²) in [6.07, 6.45) is -0.288. The number of hydrogen-bond donors (Lipinski definition) is 4. The van der Waals surface area contributed by atoms with Crippen molar-refractivity contribution in [2.75, 3.05) is 12.4 Å². The molecule has 1 aromatic carbocycles. The highest BCUT2D eigenvalue weighted by Crippen LogP contribution is 2.49. The van der Waals surface area contributed by atoms with E-state index in [0.717, 1.165) is 0 Å². The van der Waals surface area contributed by atoms with Crippen LogP contribution in [0.3, 0.4) is 0 Å². The summed E-state index contributed by atoms with van der Waals surface area (Å²) in [6, 6.07) is 2.37. The molecule has 2 fully saturated rings. The maximum absolute atomic E-state index is 13.2. The Labute approximate surface area is 193 Å². The third kappa shape index (κ3) is 5.65. The van der Waals surface area contributed by atoms with Crippen LogP contribution in [-0.4, -0.2) is 54.5 Å². The maximum Gasteiger partial charge on any atom is 0.289 e. The Balaban J connectivity index is 1.81. The van der Waals surface area contributed by atoms with Gasteiger partial charge < -0.3 is 21.3 Å². The van der Waals surface area contributed by atoms with Crippen LogP contribution in [0.15, 0.2) is 18.2 Å². The Bertz CT molecular complexity index is 1020. The molecule has 0 bridgehead atoms. The first-order valence-electron chi connectivity index (χ1n) is 10.3. The molecule has 0 spiro atoms. The molecule has 1 aliphatic heterocycles. The molecule has 4 N–H and O–H groups in total. The standard InChI is InChI=1S/C21H23ClF2N4O5/c1-9-5-10(17(30)26-9)6-15(16(29)20(33)25-2)28-18(31)12-7-11(22)3-4-14(12)27-19(32)13-8-21(13,23)24/h3-4,7,9-10,13,15H,5-6,8H2,1-2H3,(H,25,33)(H,26,30)(H,27,32)(H,28,31)/t9-,10+,13?,15+/m1/s1. The van der Waals surface area contributed by atoms with Gasteiger partial charge in [-0.1, -0.05) is 11.6 Å². The lowest BCUT2D eigenvalue weighted by molar-refractivity contribution is -0.139. The van der Waals surface area contributed by atoms with Gasteiger partial charge in [-0.15, -0.1) is 0 Å². The molecule has 12 heteroatoms. The number of likely N-dealkylation sites (N-methyl/N-ethyl adjacent to an activating group) is 1. The van der Waals surface area contributed by atoms with Crippen LogP contribution in [-0.2, 0) is 19.2 Å². The van der Waals surface area contributed by atoms with Crippen LogP contribution in [0.1, 0.15) is 36.5 Å².